The summed E-state index contributed by atoms with van der Waals surface area (Å²) in [7, 11) is 0. The van der Waals surface area contributed by atoms with Gasteiger partial charge >= 0.3 is 0 Å². The number of nitrogens with zero attached hydrogens (tertiary/aromatic N) is 1. The summed E-state index contributed by atoms with van der Waals surface area (Å²) in [6.07, 6.45) is 2.04. The highest BCUT2D eigenvalue weighted by molar-refractivity contribution is 7.99. The van der Waals surface area contributed by atoms with E-state index in [9.17, 15) is 0 Å². The van der Waals surface area contributed by atoms with E-state index in [4.69, 9.17) is 23.2 Å². The van der Waals surface area contributed by atoms with Gasteiger partial charge in [0.05, 0.1) is 10.0 Å². The van der Waals surface area contributed by atoms with Gasteiger partial charge < -0.3 is 15.2 Å². The first-order chi connectivity index (χ1) is 11.7. The highest BCUT2D eigenvalue weighted by atomic mass is 35.5. The summed E-state index contributed by atoms with van der Waals surface area (Å²) in [5, 5.41) is 5.80. The van der Waals surface area contributed by atoms with Crippen LogP contribution in [0.15, 0.2) is 52.4 Å². The number of aromatic amines is 1. The van der Waals surface area contributed by atoms with Crippen molar-refractivity contribution in [3.8, 4) is 0 Å². The molecule has 0 radical (unpaired) electrons. The van der Waals surface area contributed by atoms with Gasteiger partial charge in [0.1, 0.15) is 0 Å². The number of H-pyrrole nitrogens is 1. The predicted octanol–water partition coefficient (Wildman–Crippen LogP) is 5.04. The Morgan fingerprint density at radius 3 is 2.67 bits per heavy atom. The van der Waals surface area contributed by atoms with Crippen LogP contribution in [0.1, 0.15) is 0 Å². The lowest BCUT2D eigenvalue weighted by Gasteiger charge is -2.29. The first-order valence-corrected chi connectivity index (χ1v) is 9.48. The van der Waals surface area contributed by atoms with Crippen LogP contribution in [0.3, 0.4) is 0 Å². The van der Waals surface area contributed by atoms with Gasteiger partial charge in [-0.2, -0.15) is 0 Å². The summed E-state index contributed by atoms with van der Waals surface area (Å²) in [4.78, 5) is 7.89. The minimum atomic E-state index is 0.586. The molecule has 124 valence electrons. The molecule has 1 aromatic heterocycles. The number of hydrogen-bond donors (Lipinski definition) is 2. The maximum Gasteiger partial charge on any atom is 0.0731 e. The van der Waals surface area contributed by atoms with Crippen LogP contribution in [-0.4, -0.2) is 31.2 Å². The second kappa shape index (κ2) is 6.89. The molecule has 0 atom stereocenters. The number of rotatable bonds is 3. The average Bonchev–Trinajstić information content (AvgIpc) is 3.02. The second-order valence-electron chi connectivity index (χ2n) is 5.77. The van der Waals surface area contributed by atoms with Crippen molar-refractivity contribution >= 4 is 51.6 Å². The van der Waals surface area contributed by atoms with Gasteiger partial charge in [0.25, 0.3) is 0 Å². The Morgan fingerprint density at radius 1 is 1.00 bits per heavy atom. The van der Waals surface area contributed by atoms with E-state index in [1.165, 1.54) is 11.1 Å². The van der Waals surface area contributed by atoms with Gasteiger partial charge in [0.2, 0.25) is 0 Å². The minimum Gasteiger partial charge on any atom is -0.369 e. The van der Waals surface area contributed by atoms with Crippen molar-refractivity contribution < 1.29 is 0 Å². The SMILES string of the molecule is Clc1cccc(Sc2c[nH]c3ccc(N4CCNCC4)cc23)c1Cl. The Balaban J connectivity index is 1.69. The van der Waals surface area contributed by atoms with Crippen LogP contribution >= 0.6 is 35.0 Å². The fourth-order valence-corrected chi connectivity index (χ4v) is 4.42. The molecule has 1 fully saturated rings. The predicted molar refractivity (Wildman–Crippen MR) is 104 cm³/mol. The van der Waals surface area contributed by atoms with Gasteiger partial charge in [-0.3, -0.25) is 0 Å². The molecule has 0 amide bonds. The Labute approximate surface area is 155 Å². The highest BCUT2D eigenvalue weighted by Gasteiger charge is 2.14. The number of nitrogens with one attached hydrogen (secondary N) is 2. The van der Waals surface area contributed by atoms with Gasteiger partial charge in [0, 0.05) is 58.8 Å². The van der Waals surface area contributed by atoms with Crippen LogP contribution in [0.4, 0.5) is 5.69 Å². The number of hydrogen-bond acceptors (Lipinski definition) is 3. The monoisotopic (exact) mass is 377 g/mol. The first-order valence-electron chi connectivity index (χ1n) is 7.91. The molecule has 1 aliphatic heterocycles. The molecule has 1 aliphatic rings. The lowest BCUT2D eigenvalue weighted by molar-refractivity contribution is 0.589. The van der Waals surface area contributed by atoms with Crippen molar-refractivity contribution in [2.45, 2.75) is 9.79 Å². The molecule has 0 saturated carbocycles. The van der Waals surface area contributed by atoms with Crippen molar-refractivity contribution in [3.63, 3.8) is 0 Å². The van der Waals surface area contributed by atoms with Gasteiger partial charge in [-0.25, -0.2) is 0 Å². The van der Waals surface area contributed by atoms with Gasteiger partial charge in [-0.05, 0) is 30.3 Å². The topological polar surface area (TPSA) is 31.1 Å². The van der Waals surface area contributed by atoms with Crippen molar-refractivity contribution in [1.29, 1.82) is 0 Å². The number of piperazine rings is 1. The zero-order valence-corrected chi connectivity index (χ0v) is 15.3. The van der Waals surface area contributed by atoms with Crippen molar-refractivity contribution in [1.82, 2.24) is 10.3 Å². The van der Waals surface area contributed by atoms with E-state index in [1.807, 2.05) is 24.4 Å². The number of aromatic nitrogens is 1. The second-order valence-corrected chi connectivity index (χ2v) is 7.64. The molecule has 3 nitrogen and oxygen atoms in total. The fourth-order valence-electron chi connectivity index (χ4n) is 2.97. The number of fused-ring (bicyclic) bond motifs is 1. The average molecular weight is 378 g/mol. The maximum absolute atomic E-state index is 6.34. The van der Waals surface area contributed by atoms with E-state index in [0.29, 0.717) is 10.0 Å². The van der Waals surface area contributed by atoms with Crippen LogP contribution in [0.25, 0.3) is 10.9 Å². The molecule has 0 spiro atoms. The zero-order valence-electron chi connectivity index (χ0n) is 13.0. The molecule has 0 bridgehead atoms. The first kappa shape index (κ1) is 16.2. The Morgan fingerprint density at radius 2 is 1.83 bits per heavy atom. The third-order valence-electron chi connectivity index (χ3n) is 4.25. The summed E-state index contributed by atoms with van der Waals surface area (Å²) in [6.45, 7) is 4.15. The Bertz CT molecular complexity index is 872. The van der Waals surface area contributed by atoms with Crippen molar-refractivity contribution in [2.24, 2.45) is 0 Å². The number of anilines is 1. The lowest BCUT2D eigenvalue weighted by Crippen LogP contribution is -2.43. The summed E-state index contributed by atoms with van der Waals surface area (Å²) >= 11 is 14.1. The molecule has 2 N–H and O–H groups in total. The van der Waals surface area contributed by atoms with Gasteiger partial charge in [-0.15, -0.1) is 0 Å². The largest absolute Gasteiger partial charge is 0.369 e. The Hall–Kier alpha value is -1.33. The van der Waals surface area contributed by atoms with E-state index in [1.54, 1.807) is 11.8 Å². The molecule has 2 heterocycles. The van der Waals surface area contributed by atoms with E-state index in [-0.39, 0.29) is 0 Å². The third-order valence-corrected chi connectivity index (χ3v) is 6.29. The molecule has 0 unspecified atom stereocenters. The third kappa shape index (κ3) is 3.11. The van der Waals surface area contributed by atoms with Crippen LogP contribution in [0, 0.1) is 0 Å². The van der Waals surface area contributed by atoms with Crippen molar-refractivity contribution in [2.75, 3.05) is 31.1 Å². The molecule has 3 aromatic rings. The summed E-state index contributed by atoms with van der Waals surface area (Å²) < 4.78 is 0. The van der Waals surface area contributed by atoms with E-state index in [2.05, 4.69) is 33.4 Å². The minimum absolute atomic E-state index is 0.586. The fraction of sp³-hybridized carbons (Fsp3) is 0.222. The zero-order chi connectivity index (χ0) is 16.5. The highest BCUT2D eigenvalue weighted by Crippen LogP contribution is 2.40. The number of benzene rings is 2. The molecule has 2 aromatic carbocycles. The van der Waals surface area contributed by atoms with E-state index < -0.39 is 0 Å². The molecule has 4 rings (SSSR count). The molecule has 6 heteroatoms. The van der Waals surface area contributed by atoms with E-state index in [0.717, 1.165) is 41.5 Å². The smallest absolute Gasteiger partial charge is 0.0731 e. The molecule has 24 heavy (non-hydrogen) atoms. The quantitative estimate of drug-likeness (QED) is 0.670. The van der Waals surface area contributed by atoms with E-state index >= 15 is 0 Å². The summed E-state index contributed by atoms with van der Waals surface area (Å²) in [5.74, 6) is 0. The molecular formula is C18H17Cl2N3S. The Kier molecular flexibility index (Phi) is 4.63. The van der Waals surface area contributed by atoms with Crippen LogP contribution in [0.2, 0.25) is 10.0 Å². The van der Waals surface area contributed by atoms with Gasteiger partial charge in [-0.1, -0.05) is 41.0 Å². The lowest BCUT2D eigenvalue weighted by atomic mass is 10.2. The standard InChI is InChI=1S/C18H17Cl2N3S/c19-14-2-1-3-16(18(14)20)24-17-11-22-15-5-4-12(10-13(15)17)23-8-6-21-7-9-23/h1-5,10-11,21-22H,6-9H2. The van der Waals surface area contributed by atoms with Crippen molar-refractivity contribution in [3.05, 3.63) is 52.6 Å². The van der Waals surface area contributed by atoms with Crippen LogP contribution < -0.4 is 10.2 Å². The number of halogens is 2. The summed E-state index contributed by atoms with van der Waals surface area (Å²) in [6, 6.07) is 12.3. The molecule has 0 aliphatic carbocycles. The maximum atomic E-state index is 6.34. The summed E-state index contributed by atoms with van der Waals surface area (Å²) in [5.41, 5.74) is 2.40. The molecular weight excluding hydrogens is 361 g/mol. The van der Waals surface area contributed by atoms with Gasteiger partial charge in [0.15, 0.2) is 0 Å². The molecule has 1 saturated heterocycles. The van der Waals surface area contributed by atoms with Crippen LogP contribution in [0.5, 0.6) is 0 Å². The van der Waals surface area contributed by atoms with Crippen LogP contribution in [-0.2, 0) is 0 Å². The normalized spacial score (nSPS) is 15.2.